The molecule has 0 aromatic carbocycles. The van der Waals surface area contributed by atoms with Crippen molar-refractivity contribution in [3.05, 3.63) is 11.6 Å². The van der Waals surface area contributed by atoms with Crippen molar-refractivity contribution in [1.82, 2.24) is 0 Å². The van der Waals surface area contributed by atoms with Crippen LogP contribution in [0.2, 0.25) is 0 Å². The SMILES string of the molecule is CC1(C)[C@@H]2CC3=CC(=O)CC[C@@H]3[C@H]1C2. The summed E-state index contributed by atoms with van der Waals surface area (Å²) in [5.41, 5.74) is 2.05. The second kappa shape index (κ2) is 2.50. The number of ketones is 1. The van der Waals surface area contributed by atoms with Crippen LogP contribution < -0.4 is 0 Å². The molecule has 0 aromatic rings. The smallest absolute Gasteiger partial charge is 0.155 e. The lowest BCUT2D eigenvalue weighted by Crippen LogP contribution is -2.53. The topological polar surface area (TPSA) is 17.1 Å². The number of rotatable bonds is 0. The van der Waals surface area contributed by atoms with E-state index < -0.39 is 0 Å². The van der Waals surface area contributed by atoms with Crippen LogP contribution in [0.5, 0.6) is 0 Å². The summed E-state index contributed by atoms with van der Waals surface area (Å²) >= 11 is 0. The Balaban J connectivity index is 1.94. The van der Waals surface area contributed by atoms with Crippen molar-refractivity contribution in [1.29, 1.82) is 0 Å². The Labute approximate surface area is 85.6 Å². The van der Waals surface area contributed by atoms with Gasteiger partial charge >= 0.3 is 0 Å². The molecule has 1 heteroatoms. The Morgan fingerprint density at radius 1 is 1.43 bits per heavy atom. The van der Waals surface area contributed by atoms with Crippen LogP contribution in [-0.2, 0) is 4.79 Å². The highest BCUT2D eigenvalue weighted by atomic mass is 16.1. The molecule has 1 nitrogen and oxygen atoms in total. The van der Waals surface area contributed by atoms with Crippen LogP contribution in [-0.4, -0.2) is 5.78 Å². The minimum absolute atomic E-state index is 0.371. The molecule has 4 aliphatic carbocycles. The third-order valence-electron chi connectivity index (χ3n) is 5.04. The number of carbonyl (C=O) groups excluding carboxylic acids is 1. The monoisotopic (exact) mass is 190 g/mol. The molecule has 0 saturated heterocycles. The quantitative estimate of drug-likeness (QED) is 0.574. The highest BCUT2D eigenvalue weighted by Gasteiger charge is 2.56. The van der Waals surface area contributed by atoms with Crippen molar-refractivity contribution < 1.29 is 4.79 Å². The van der Waals surface area contributed by atoms with Crippen molar-refractivity contribution in [2.45, 2.75) is 39.5 Å². The summed E-state index contributed by atoms with van der Waals surface area (Å²) in [7, 11) is 0. The first-order valence-electron chi connectivity index (χ1n) is 5.82. The fourth-order valence-electron chi connectivity index (χ4n) is 3.91. The van der Waals surface area contributed by atoms with E-state index in [2.05, 4.69) is 13.8 Å². The van der Waals surface area contributed by atoms with E-state index in [0.717, 1.165) is 30.6 Å². The van der Waals surface area contributed by atoms with Gasteiger partial charge in [0, 0.05) is 6.42 Å². The standard InChI is InChI=1S/C13H18O/c1-13(2)9-5-8-6-10(14)3-4-11(8)12(13)7-9/h6,9,11-12H,3-5,7H2,1-2H3/t9-,11+,12-/m1/s1. The predicted octanol–water partition coefficient (Wildman–Crippen LogP) is 2.96. The molecule has 4 aliphatic rings. The molecule has 0 heterocycles. The summed E-state index contributed by atoms with van der Waals surface area (Å²) in [4.78, 5) is 11.3. The maximum atomic E-state index is 11.3. The first-order valence-corrected chi connectivity index (χ1v) is 5.82. The van der Waals surface area contributed by atoms with Crippen LogP contribution in [0.1, 0.15) is 39.5 Å². The van der Waals surface area contributed by atoms with Gasteiger partial charge in [-0.1, -0.05) is 19.4 Å². The Kier molecular flexibility index (Phi) is 1.55. The van der Waals surface area contributed by atoms with Gasteiger partial charge in [-0.15, -0.1) is 0 Å². The molecule has 0 radical (unpaired) electrons. The van der Waals surface area contributed by atoms with Gasteiger partial charge in [0.1, 0.15) is 0 Å². The molecule has 0 amide bonds. The summed E-state index contributed by atoms with van der Waals surface area (Å²) in [6.07, 6.45) is 6.52. The van der Waals surface area contributed by atoms with E-state index in [1.165, 1.54) is 18.4 Å². The second-order valence-corrected chi connectivity index (χ2v) is 5.90. The van der Waals surface area contributed by atoms with Crippen molar-refractivity contribution in [2.24, 2.45) is 23.2 Å². The summed E-state index contributed by atoms with van der Waals surface area (Å²) in [6.45, 7) is 4.83. The lowest BCUT2D eigenvalue weighted by atomic mass is 9.43. The van der Waals surface area contributed by atoms with Gasteiger partial charge in [-0.2, -0.15) is 0 Å². The zero-order chi connectivity index (χ0) is 9.92. The summed E-state index contributed by atoms with van der Waals surface area (Å²) < 4.78 is 0. The average Bonchev–Trinajstić information content (AvgIpc) is 2.16. The molecule has 0 N–H and O–H groups in total. The van der Waals surface area contributed by atoms with E-state index in [4.69, 9.17) is 0 Å². The van der Waals surface area contributed by atoms with Crippen LogP contribution in [0.15, 0.2) is 11.6 Å². The lowest BCUT2D eigenvalue weighted by molar-refractivity contribution is -0.118. The van der Waals surface area contributed by atoms with E-state index in [0.29, 0.717) is 11.2 Å². The predicted molar refractivity (Wildman–Crippen MR) is 55.8 cm³/mol. The van der Waals surface area contributed by atoms with E-state index in [1.54, 1.807) is 0 Å². The minimum atomic E-state index is 0.371. The van der Waals surface area contributed by atoms with Gasteiger partial charge in [0.25, 0.3) is 0 Å². The first kappa shape index (κ1) is 8.70. The van der Waals surface area contributed by atoms with E-state index in [9.17, 15) is 4.79 Å². The maximum Gasteiger partial charge on any atom is 0.155 e. The molecule has 2 bridgehead atoms. The number of hydrogen-bond donors (Lipinski definition) is 0. The van der Waals surface area contributed by atoms with Crippen molar-refractivity contribution in [2.75, 3.05) is 0 Å². The van der Waals surface area contributed by atoms with Crippen LogP contribution in [0.4, 0.5) is 0 Å². The van der Waals surface area contributed by atoms with Crippen LogP contribution >= 0.6 is 0 Å². The molecule has 0 aromatic heterocycles. The van der Waals surface area contributed by atoms with Gasteiger partial charge in [-0.05, 0) is 48.5 Å². The molecular weight excluding hydrogens is 172 g/mol. The zero-order valence-corrected chi connectivity index (χ0v) is 9.05. The van der Waals surface area contributed by atoms with Gasteiger partial charge in [0.2, 0.25) is 0 Å². The van der Waals surface area contributed by atoms with Crippen molar-refractivity contribution in [3.63, 3.8) is 0 Å². The maximum absolute atomic E-state index is 11.3. The fraction of sp³-hybridized carbons (Fsp3) is 0.769. The summed E-state index contributed by atoms with van der Waals surface area (Å²) in [6, 6.07) is 0. The Bertz CT molecular complexity index is 324. The molecule has 0 aliphatic heterocycles. The van der Waals surface area contributed by atoms with Crippen molar-refractivity contribution in [3.8, 4) is 0 Å². The molecule has 3 saturated carbocycles. The summed E-state index contributed by atoms with van der Waals surface area (Å²) in [5.74, 6) is 2.87. The lowest BCUT2D eigenvalue weighted by Gasteiger charge is -2.61. The van der Waals surface area contributed by atoms with E-state index >= 15 is 0 Å². The normalized spacial score (nSPS) is 43.7. The van der Waals surface area contributed by atoms with E-state index in [-0.39, 0.29) is 0 Å². The van der Waals surface area contributed by atoms with Crippen LogP contribution in [0.3, 0.4) is 0 Å². The Morgan fingerprint density at radius 3 is 2.93 bits per heavy atom. The average molecular weight is 190 g/mol. The molecular formula is C13H18O. The molecule has 14 heavy (non-hydrogen) atoms. The second-order valence-electron chi connectivity index (χ2n) is 5.90. The minimum Gasteiger partial charge on any atom is -0.295 e. The molecule has 3 fully saturated rings. The van der Waals surface area contributed by atoms with Gasteiger partial charge in [-0.25, -0.2) is 0 Å². The van der Waals surface area contributed by atoms with Crippen LogP contribution in [0, 0.1) is 23.2 Å². The molecule has 0 unspecified atom stereocenters. The molecule has 3 atom stereocenters. The number of hydrogen-bond acceptors (Lipinski definition) is 1. The van der Waals surface area contributed by atoms with Gasteiger partial charge < -0.3 is 0 Å². The number of allylic oxidation sites excluding steroid dienone is 2. The third-order valence-corrected chi connectivity index (χ3v) is 5.04. The zero-order valence-electron chi connectivity index (χ0n) is 9.05. The van der Waals surface area contributed by atoms with Gasteiger partial charge in [0.05, 0.1) is 0 Å². The highest BCUT2D eigenvalue weighted by Crippen LogP contribution is 2.64. The van der Waals surface area contributed by atoms with Gasteiger partial charge in [-0.3, -0.25) is 4.79 Å². The van der Waals surface area contributed by atoms with Crippen LogP contribution in [0.25, 0.3) is 0 Å². The van der Waals surface area contributed by atoms with Crippen molar-refractivity contribution >= 4 is 5.78 Å². The highest BCUT2D eigenvalue weighted by molar-refractivity contribution is 5.91. The Hall–Kier alpha value is -0.590. The fourth-order valence-corrected chi connectivity index (χ4v) is 3.91. The molecule has 76 valence electrons. The molecule has 4 rings (SSSR count). The largest absolute Gasteiger partial charge is 0.295 e. The molecule has 0 spiro atoms. The Morgan fingerprint density at radius 2 is 2.21 bits per heavy atom. The summed E-state index contributed by atoms with van der Waals surface area (Å²) in [5, 5.41) is 0. The van der Waals surface area contributed by atoms with E-state index in [1.807, 2.05) is 6.08 Å². The van der Waals surface area contributed by atoms with Gasteiger partial charge in [0.15, 0.2) is 5.78 Å². The third kappa shape index (κ3) is 0.933. The number of carbonyl (C=O) groups is 1. The first-order chi connectivity index (χ1) is 6.59.